The van der Waals surface area contributed by atoms with E-state index in [4.69, 9.17) is 11.6 Å². The third kappa shape index (κ3) is 4.30. The molecule has 0 amide bonds. The van der Waals surface area contributed by atoms with Crippen molar-refractivity contribution in [1.29, 1.82) is 0 Å². The lowest BCUT2D eigenvalue weighted by Crippen LogP contribution is -2.44. The molecule has 1 aromatic carbocycles. The molecule has 2 N–H and O–H groups in total. The van der Waals surface area contributed by atoms with Gasteiger partial charge in [-0.3, -0.25) is 0 Å². The van der Waals surface area contributed by atoms with Crippen LogP contribution in [-0.2, 0) is 10.0 Å². The maximum absolute atomic E-state index is 12.1. The highest BCUT2D eigenvalue weighted by Crippen LogP contribution is 2.37. The summed E-state index contributed by atoms with van der Waals surface area (Å²) in [5.74, 6) is 0. The van der Waals surface area contributed by atoms with Crippen molar-refractivity contribution in [1.82, 2.24) is 4.72 Å². The van der Waals surface area contributed by atoms with Gasteiger partial charge >= 0.3 is 0 Å². The van der Waals surface area contributed by atoms with E-state index in [9.17, 15) is 13.5 Å². The van der Waals surface area contributed by atoms with Gasteiger partial charge in [0.25, 0.3) is 0 Å². The van der Waals surface area contributed by atoms with E-state index in [0.29, 0.717) is 5.02 Å². The lowest BCUT2D eigenvalue weighted by atomic mass is 9.86. The first-order chi connectivity index (χ1) is 9.85. The number of aliphatic hydroxyl groups excluding tert-OH is 1. The third-order valence-electron chi connectivity index (χ3n) is 4.06. The first-order valence-corrected chi connectivity index (χ1v) is 8.84. The lowest BCUT2D eigenvalue weighted by molar-refractivity contribution is 0.127. The van der Waals surface area contributed by atoms with Crippen LogP contribution in [-0.4, -0.2) is 26.2 Å². The number of nitrogens with one attached hydrogen (secondary N) is 1. The smallest absolute Gasteiger partial charge is 0.233 e. The van der Waals surface area contributed by atoms with E-state index in [0.717, 1.165) is 30.2 Å². The molecule has 2 unspecified atom stereocenters. The van der Waals surface area contributed by atoms with Gasteiger partial charge in [0.15, 0.2) is 0 Å². The first-order valence-electron chi connectivity index (χ1n) is 6.91. The fourth-order valence-corrected chi connectivity index (χ4v) is 3.94. The molecule has 4 nitrogen and oxygen atoms in total. The van der Waals surface area contributed by atoms with Gasteiger partial charge < -0.3 is 5.11 Å². The molecule has 116 valence electrons. The van der Waals surface area contributed by atoms with Crippen LogP contribution in [0.15, 0.2) is 29.7 Å². The fraction of sp³-hybridized carbons (Fsp3) is 0.467. The molecule has 0 aromatic heterocycles. The summed E-state index contributed by atoms with van der Waals surface area (Å²) in [6, 6.07) is 6.70. The summed E-state index contributed by atoms with van der Waals surface area (Å²) < 4.78 is 26.9. The Hall–Kier alpha value is -0.880. The minimum Gasteiger partial charge on any atom is -0.396 e. The zero-order valence-electron chi connectivity index (χ0n) is 11.9. The van der Waals surface area contributed by atoms with Crippen LogP contribution in [0.25, 0.3) is 6.08 Å². The highest BCUT2D eigenvalue weighted by Gasteiger charge is 2.39. The summed E-state index contributed by atoms with van der Waals surface area (Å²) in [5.41, 5.74) is 0.391. The van der Waals surface area contributed by atoms with Crippen molar-refractivity contribution in [2.24, 2.45) is 5.41 Å². The van der Waals surface area contributed by atoms with Gasteiger partial charge in [-0.2, -0.15) is 0 Å². The van der Waals surface area contributed by atoms with Crippen LogP contribution in [0.2, 0.25) is 5.02 Å². The lowest BCUT2D eigenvalue weighted by Gasteiger charge is -2.29. The van der Waals surface area contributed by atoms with Gasteiger partial charge in [0.1, 0.15) is 0 Å². The molecule has 0 saturated heterocycles. The number of hydrogen-bond acceptors (Lipinski definition) is 3. The van der Waals surface area contributed by atoms with Crippen LogP contribution in [0.5, 0.6) is 0 Å². The fourth-order valence-electron chi connectivity index (χ4n) is 2.60. The van der Waals surface area contributed by atoms with E-state index in [1.165, 1.54) is 6.08 Å². The van der Waals surface area contributed by atoms with E-state index in [2.05, 4.69) is 4.72 Å². The van der Waals surface area contributed by atoms with Crippen LogP contribution in [0.1, 0.15) is 31.7 Å². The van der Waals surface area contributed by atoms with Crippen molar-refractivity contribution in [3.8, 4) is 0 Å². The molecule has 1 aliphatic rings. The number of sulfonamides is 1. The van der Waals surface area contributed by atoms with E-state index >= 15 is 0 Å². The predicted molar refractivity (Wildman–Crippen MR) is 85.4 cm³/mol. The van der Waals surface area contributed by atoms with Gasteiger partial charge in [0.05, 0.1) is 0 Å². The number of benzene rings is 1. The topological polar surface area (TPSA) is 66.4 Å². The number of aliphatic hydroxyl groups is 1. The zero-order valence-corrected chi connectivity index (χ0v) is 13.5. The molecule has 1 fully saturated rings. The van der Waals surface area contributed by atoms with Gasteiger partial charge in [-0.05, 0) is 36.6 Å². The molecule has 2 atom stereocenters. The minimum atomic E-state index is -3.53. The highest BCUT2D eigenvalue weighted by atomic mass is 35.5. The summed E-state index contributed by atoms with van der Waals surface area (Å²) in [6.07, 6.45) is 4.04. The Morgan fingerprint density at radius 1 is 1.43 bits per heavy atom. The standard InChI is InChI=1S/C15H20ClNO3S/c1-15(11-18)9-2-3-14(15)17-21(19,20)10-8-12-4-6-13(16)7-5-12/h4-8,10,14,17-18H,2-3,9,11H2,1H3/b10-8+. The molecule has 0 heterocycles. The SMILES string of the molecule is CC1(CO)CCCC1NS(=O)(=O)/C=C/c1ccc(Cl)cc1. The van der Waals surface area contributed by atoms with E-state index < -0.39 is 10.0 Å². The minimum absolute atomic E-state index is 0.0128. The van der Waals surface area contributed by atoms with Crippen LogP contribution < -0.4 is 4.72 Å². The Labute approximate surface area is 130 Å². The molecule has 1 saturated carbocycles. The van der Waals surface area contributed by atoms with Crippen molar-refractivity contribution in [3.05, 3.63) is 40.3 Å². The molecule has 1 aliphatic carbocycles. The zero-order chi connectivity index (χ0) is 15.5. The number of halogens is 1. The average molecular weight is 330 g/mol. The average Bonchev–Trinajstić information content (AvgIpc) is 2.80. The van der Waals surface area contributed by atoms with Crippen LogP contribution >= 0.6 is 11.6 Å². The second kappa shape index (κ2) is 6.48. The summed E-state index contributed by atoms with van der Waals surface area (Å²) in [5, 5.41) is 11.2. The highest BCUT2D eigenvalue weighted by molar-refractivity contribution is 7.92. The van der Waals surface area contributed by atoms with Crippen molar-refractivity contribution in [3.63, 3.8) is 0 Å². The maximum Gasteiger partial charge on any atom is 0.233 e. The quantitative estimate of drug-likeness (QED) is 0.873. The third-order valence-corrected chi connectivity index (χ3v) is 5.42. The van der Waals surface area contributed by atoms with Crippen molar-refractivity contribution in [2.75, 3.05) is 6.61 Å². The molecule has 0 spiro atoms. The van der Waals surface area contributed by atoms with Crippen LogP contribution in [0.3, 0.4) is 0 Å². The van der Waals surface area contributed by atoms with Crippen molar-refractivity contribution >= 4 is 27.7 Å². The Bertz CT molecular complexity index is 612. The maximum atomic E-state index is 12.1. The molecular formula is C15H20ClNO3S. The summed E-state index contributed by atoms with van der Waals surface area (Å²) >= 11 is 5.78. The molecule has 0 bridgehead atoms. The summed E-state index contributed by atoms with van der Waals surface area (Å²) in [7, 11) is -3.53. The van der Waals surface area contributed by atoms with Gasteiger partial charge in [-0.15, -0.1) is 0 Å². The van der Waals surface area contributed by atoms with Crippen LogP contribution in [0, 0.1) is 5.41 Å². The van der Waals surface area contributed by atoms with Gasteiger partial charge in [-0.1, -0.05) is 37.1 Å². The number of hydrogen-bond donors (Lipinski definition) is 2. The predicted octanol–water partition coefficient (Wildman–Crippen LogP) is 2.78. The molecule has 0 radical (unpaired) electrons. The second-order valence-electron chi connectivity index (χ2n) is 5.77. The first kappa shape index (κ1) is 16.5. The Morgan fingerprint density at radius 2 is 2.10 bits per heavy atom. The van der Waals surface area contributed by atoms with Crippen molar-refractivity contribution in [2.45, 2.75) is 32.2 Å². The Balaban J connectivity index is 2.07. The van der Waals surface area contributed by atoms with E-state index in [1.54, 1.807) is 24.3 Å². The van der Waals surface area contributed by atoms with Gasteiger partial charge in [-0.25, -0.2) is 13.1 Å². The molecule has 0 aliphatic heterocycles. The molecule has 21 heavy (non-hydrogen) atoms. The summed E-state index contributed by atoms with van der Waals surface area (Å²) in [4.78, 5) is 0. The molecule has 1 aromatic rings. The Morgan fingerprint density at radius 3 is 2.71 bits per heavy atom. The monoisotopic (exact) mass is 329 g/mol. The van der Waals surface area contributed by atoms with E-state index in [-0.39, 0.29) is 18.1 Å². The summed E-state index contributed by atoms with van der Waals surface area (Å²) in [6.45, 7) is 1.90. The number of rotatable bonds is 5. The molecule has 6 heteroatoms. The van der Waals surface area contributed by atoms with Crippen LogP contribution in [0.4, 0.5) is 0 Å². The molecule has 2 rings (SSSR count). The molecular weight excluding hydrogens is 310 g/mol. The van der Waals surface area contributed by atoms with Crippen molar-refractivity contribution < 1.29 is 13.5 Å². The largest absolute Gasteiger partial charge is 0.396 e. The Kier molecular flexibility index (Phi) is 5.09. The van der Waals surface area contributed by atoms with Gasteiger partial charge in [0, 0.05) is 28.5 Å². The van der Waals surface area contributed by atoms with E-state index in [1.807, 2.05) is 6.92 Å². The normalized spacial score (nSPS) is 26.5. The van der Waals surface area contributed by atoms with Gasteiger partial charge in [0.2, 0.25) is 10.0 Å². The second-order valence-corrected chi connectivity index (χ2v) is 7.81.